The number of benzene rings is 1. The normalized spacial score (nSPS) is 32.7. The first kappa shape index (κ1) is 13.3. The molecule has 2 atom stereocenters. The molecular weight excluding hydrogens is 254 g/mol. The van der Waals surface area contributed by atoms with Crippen molar-refractivity contribution in [3.05, 3.63) is 29.3 Å². The van der Waals surface area contributed by atoms with Crippen LogP contribution in [-0.2, 0) is 0 Å². The van der Waals surface area contributed by atoms with Crippen LogP contribution >= 0.6 is 11.8 Å². The molecule has 3 heteroatoms. The minimum atomic E-state index is -0.0614. The van der Waals surface area contributed by atoms with Gasteiger partial charge in [0.05, 0.1) is 0 Å². The van der Waals surface area contributed by atoms with Crippen LogP contribution in [0, 0.1) is 12.3 Å². The minimum Gasteiger partial charge on any atom is -0.486 e. The van der Waals surface area contributed by atoms with E-state index in [-0.39, 0.29) is 11.6 Å². The smallest absolute Gasteiger partial charge is 0.124 e. The first-order valence-corrected chi connectivity index (χ1v) is 8.18. The number of ether oxygens (including phenoxy) is 1. The van der Waals surface area contributed by atoms with Gasteiger partial charge in [0, 0.05) is 23.8 Å². The molecule has 0 aromatic heterocycles. The summed E-state index contributed by atoms with van der Waals surface area (Å²) in [6.45, 7) is 6.78. The number of hydrogen-bond donors (Lipinski definition) is 1. The Labute approximate surface area is 120 Å². The second kappa shape index (κ2) is 4.42. The van der Waals surface area contributed by atoms with Crippen LogP contribution in [0.1, 0.15) is 43.9 Å². The van der Waals surface area contributed by atoms with Crippen molar-refractivity contribution in [1.82, 2.24) is 0 Å². The molecule has 2 N–H and O–H groups in total. The van der Waals surface area contributed by atoms with Crippen molar-refractivity contribution < 1.29 is 4.74 Å². The van der Waals surface area contributed by atoms with Crippen molar-refractivity contribution in [2.45, 2.75) is 45.3 Å². The van der Waals surface area contributed by atoms with E-state index in [0.29, 0.717) is 5.41 Å². The fourth-order valence-electron chi connectivity index (χ4n) is 3.52. The molecule has 1 aromatic rings. The number of fused-ring (bicyclic) bond motifs is 1. The number of aryl methyl sites for hydroxylation is 1. The van der Waals surface area contributed by atoms with E-state index < -0.39 is 0 Å². The first-order chi connectivity index (χ1) is 8.89. The summed E-state index contributed by atoms with van der Waals surface area (Å²) in [4.78, 5) is 0. The van der Waals surface area contributed by atoms with E-state index in [0.717, 1.165) is 24.3 Å². The molecule has 0 radical (unpaired) electrons. The van der Waals surface area contributed by atoms with Crippen molar-refractivity contribution >= 4 is 11.8 Å². The fraction of sp³-hybridized carbons (Fsp3) is 0.625. The molecule has 0 saturated carbocycles. The Hall–Kier alpha value is -0.670. The second-order valence-corrected chi connectivity index (χ2v) is 7.96. The highest BCUT2D eigenvalue weighted by Crippen LogP contribution is 2.49. The quantitative estimate of drug-likeness (QED) is 0.785. The van der Waals surface area contributed by atoms with Crippen LogP contribution < -0.4 is 10.5 Å². The summed E-state index contributed by atoms with van der Waals surface area (Å²) in [7, 11) is 0. The van der Waals surface area contributed by atoms with Gasteiger partial charge in [-0.15, -0.1) is 0 Å². The summed E-state index contributed by atoms with van der Waals surface area (Å²) in [6.07, 6.45) is 2.05. The van der Waals surface area contributed by atoms with Crippen molar-refractivity contribution in [3.8, 4) is 5.75 Å². The maximum atomic E-state index is 6.42. The van der Waals surface area contributed by atoms with Gasteiger partial charge in [-0.3, -0.25) is 0 Å². The summed E-state index contributed by atoms with van der Waals surface area (Å²) >= 11 is 2.01. The van der Waals surface area contributed by atoms with Gasteiger partial charge in [0.15, 0.2) is 0 Å². The second-order valence-electron chi connectivity index (χ2n) is 6.97. The van der Waals surface area contributed by atoms with Gasteiger partial charge in [-0.1, -0.05) is 31.5 Å². The van der Waals surface area contributed by atoms with Gasteiger partial charge in [0.1, 0.15) is 11.4 Å². The van der Waals surface area contributed by atoms with E-state index in [2.05, 4.69) is 39.0 Å². The molecule has 1 saturated heterocycles. The van der Waals surface area contributed by atoms with Crippen molar-refractivity contribution in [3.63, 3.8) is 0 Å². The van der Waals surface area contributed by atoms with Gasteiger partial charge in [0.2, 0.25) is 0 Å². The summed E-state index contributed by atoms with van der Waals surface area (Å²) in [5.41, 5.74) is 9.13. The van der Waals surface area contributed by atoms with Crippen LogP contribution in [0.4, 0.5) is 0 Å². The van der Waals surface area contributed by atoms with E-state index in [9.17, 15) is 0 Å². The third-order valence-corrected chi connectivity index (χ3v) is 5.86. The van der Waals surface area contributed by atoms with Crippen LogP contribution in [0.2, 0.25) is 0 Å². The van der Waals surface area contributed by atoms with Gasteiger partial charge in [-0.05, 0) is 30.6 Å². The van der Waals surface area contributed by atoms with Gasteiger partial charge in [-0.25, -0.2) is 0 Å². The third kappa shape index (κ3) is 2.50. The standard InChI is InChI=1S/C16H23NOS/c1-11-4-5-14-12(6-11)13(17)7-16(18-14)8-15(2,3)9-19-10-16/h4-6,13H,7-10,17H2,1-3H3. The minimum absolute atomic E-state index is 0.0614. The van der Waals surface area contributed by atoms with Crippen molar-refractivity contribution in [1.29, 1.82) is 0 Å². The number of hydrogen-bond acceptors (Lipinski definition) is 3. The van der Waals surface area contributed by atoms with Crippen LogP contribution in [-0.4, -0.2) is 17.1 Å². The molecular formula is C16H23NOS. The lowest BCUT2D eigenvalue weighted by atomic mass is 9.76. The molecule has 1 spiro atoms. The summed E-state index contributed by atoms with van der Waals surface area (Å²) in [5.74, 6) is 3.29. The van der Waals surface area contributed by atoms with Gasteiger partial charge in [-0.2, -0.15) is 11.8 Å². The van der Waals surface area contributed by atoms with E-state index >= 15 is 0 Å². The molecule has 0 amide bonds. The number of thioether (sulfide) groups is 1. The molecule has 2 heterocycles. The van der Waals surface area contributed by atoms with Crippen LogP contribution in [0.15, 0.2) is 18.2 Å². The monoisotopic (exact) mass is 277 g/mol. The molecule has 2 nitrogen and oxygen atoms in total. The van der Waals surface area contributed by atoms with E-state index in [1.165, 1.54) is 16.9 Å². The Morgan fingerprint density at radius 2 is 2.11 bits per heavy atom. The largest absolute Gasteiger partial charge is 0.486 e. The average Bonchev–Trinajstić information content (AvgIpc) is 2.29. The van der Waals surface area contributed by atoms with Crippen LogP contribution in [0.5, 0.6) is 5.75 Å². The number of nitrogens with two attached hydrogens (primary N) is 1. The van der Waals surface area contributed by atoms with E-state index in [4.69, 9.17) is 10.5 Å². The lowest BCUT2D eigenvalue weighted by Gasteiger charge is -2.48. The Morgan fingerprint density at radius 1 is 1.32 bits per heavy atom. The maximum absolute atomic E-state index is 6.42. The highest BCUT2D eigenvalue weighted by Gasteiger charge is 2.46. The van der Waals surface area contributed by atoms with Crippen LogP contribution in [0.3, 0.4) is 0 Å². The van der Waals surface area contributed by atoms with Gasteiger partial charge in [0.25, 0.3) is 0 Å². The lowest BCUT2D eigenvalue weighted by molar-refractivity contribution is 0.0166. The molecule has 1 aromatic carbocycles. The molecule has 2 aliphatic rings. The molecule has 1 fully saturated rings. The molecule has 2 unspecified atom stereocenters. The Kier molecular flexibility index (Phi) is 3.10. The Morgan fingerprint density at radius 3 is 2.84 bits per heavy atom. The highest BCUT2D eigenvalue weighted by molar-refractivity contribution is 7.99. The zero-order valence-corrected chi connectivity index (χ0v) is 12.8. The van der Waals surface area contributed by atoms with Crippen molar-refractivity contribution in [2.24, 2.45) is 11.1 Å². The molecule has 0 aliphatic carbocycles. The summed E-state index contributed by atoms with van der Waals surface area (Å²) in [6, 6.07) is 6.50. The number of rotatable bonds is 0. The van der Waals surface area contributed by atoms with E-state index in [1.54, 1.807) is 0 Å². The predicted molar refractivity (Wildman–Crippen MR) is 81.8 cm³/mol. The Balaban J connectivity index is 1.94. The lowest BCUT2D eigenvalue weighted by Crippen LogP contribution is -2.51. The van der Waals surface area contributed by atoms with E-state index in [1.807, 2.05) is 11.8 Å². The van der Waals surface area contributed by atoms with Crippen LogP contribution in [0.25, 0.3) is 0 Å². The molecule has 104 valence electrons. The van der Waals surface area contributed by atoms with Gasteiger partial charge >= 0.3 is 0 Å². The fourth-order valence-corrected chi connectivity index (χ4v) is 4.93. The summed E-state index contributed by atoms with van der Waals surface area (Å²) < 4.78 is 6.42. The molecule has 2 aliphatic heterocycles. The zero-order chi connectivity index (χ0) is 13.7. The van der Waals surface area contributed by atoms with Crippen molar-refractivity contribution in [2.75, 3.05) is 11.5 Å². The third-order valence-electron chi connectivity index (χ3n) is 4.14. The maximum Gasteiger partial charge on any atom is 0.124 e. The molecule has 19 heavy (non-hydrogen) atoms. The Bertz CT molecular complexity index is 500. The topological polar surface area (TPSA) is 35.2 Å². The summed E-state index contributed by atoms with van der Waals surface area (Å²) in [5, 5.41) is 0. The zero-order valence-electron chi connectivity index (χ0n) is 12.0. The van der Waals surface area contributed by atoms with Gasteiger partial charge < -0.3 is 10.5 Å². The first-order valence-electron chi connectivity index (χ1n) is 7.02. The average molecular weight is 277 g/mol. The molecule has 3 rings (SSSR count). The highest BCUT2D eigenvalue weighted by atomic mass is 32.2. The SMILES string of the molecule is Cc1ccc2c(c1)C(N)CC1(CSCC(C)(C)C1)O2. The predicted octanol–water partition coefficient (Wildman–Crippen LogP) is 3.68. The molecule has 0 bridgehead atoms.